The Kier molecular flexibility index (Phi) is 7.92. The molecule has 1 saturated heterocycles. The number of halogens is 1. The number of carbonyl (C=O) groups is 1. The number of aliphatic imine (C=N–C) groups is 1. The Hall–Kier alpha value is -1.38. The van der Waals surface area contributed by atoms with Crippen molar-refractivity contribution >= 4 is 35.8 Å². The maximum atomic E-state index is 12.0. The standard InChI is InChI=1S/C18H27N5O.HI/c1-19-18(23-12-15-5-2-3-6-16(15)13-23)22-10-9-21-17(24)14-7-4-8-20-11-14;/h4,7-8,11,15-16H,2-3,5-6,9-10,12-13H2,1H3,(H,19,22)(H,21,24);1H. The highest BCUT2D eigenvalue weighted by Crippen LogP contribution is 2.35. The smallest absolute Gasteiger partial charge is 0.252 e. The van der Waals surface area contributed by atoms with Crippen LogP contribution in [0.5, 0.6) is 0 Å². The van der Waals surface area contributed by atoms with Gasteiger partial charge in [0.15, 0.2) is 5.96 Å². The lowest BCUT2D eigenvalue weighted by molar-refractivity contribution is 0.0954. The zero-order valence-corrected chi connectivity index (χ0v) is 17.1. The Morgan fingerprint density at radius 1 is 1.24 bits per heavy atom. The number of amides is 1. The van der Waals surface area contributed by atoms with E-state index in [-0.39, 0.29) is 29.9 Å². The van der Waals surface area contributed by atoms with Crippen LogP contribution in [0, 0.1) is 11.8 Å². The van der Waals surface area contributed by atoms with Crippen LogP contribution in [0.3, 0.4) is 0 Å². The van der Waals surface area contributed by atoms with E-state index < -0.39 is 0 Å². The molecule has 1 aromatic rings. The first-order valence-electron chi connectivity index (χ1n) is 8.91. The minimum Gasteiger partial charge on any atom is -0.354 e. The number of hydrogen-bond acceptors (Lipinski definition) is 3. The third-order valence-electron chi connectivity index (χ3n) is 5.11. The van der Waals surface area contributed by atoms with Crippen LogP contribution in [0.15, 0.2) is 29.5 Å². The largest absolute Gasteiger partial charge is 0.354 e. The SMILES string of the molecule is CN=C(NCCNC(=O)c1cccnc1)N1CC2CCCCC2C1.I. The van der Waals surface area contributed by atoms with Crippen molar-refractivity contribution in [3.05, 3.63) is 30.1 Å². The van der Waals surface area contributed by atoms with Gasteiger partial charge in [-0.25, -0.2) is 0 Å². The second-order valence-electron chi connectivity index (χ2n) is 6.68. The summed E-state index contributed by atoms with van der Waals surface area (Å²) in [6, 6.07) is 3.53. The molecule has 1 aliphatic heterocycles. The summed E-state index contributed by atoms with van der Waals surface area (Å²) >= 11 is 0. The Morgan fingerprint density at radius 3 is 2.52 bits per heavy atom. The van der Waals surface area contributed by atoms with Crippen LogP contribution < -0.4 is 10.6 Å². The Bertz CT molecular complexity index is 566. The second-order valence-corrected chi connectivity index (χ2v) is 6.68. The minimum absolute atomic E-state index is 0. The summed E-state index contributed by atoms with van der Waals surface area (Å²) in [6.07, 6.45) is 8.71. The predicted molar refractivity (Wildman–Crippen MR) is 110 cm³/mol. The van der Waals surface area contributed by atoms with E-state index in [4.69, 9.17) is 0 Å². The van der Waals surface area contributed by atoms with Crippen LogP contribution in [0.1, 0.15) is 36.0 Å². The number of guanidine groups is 1. The molecule has 2 atom stereocenters. The molecule has 0 bridgehead atoms. The first kappa shape index (κ1) is 19.9. The van der Waals surface area contributed by atoms with Crippen molar-refractivity contribution in [3.8, 4) is 0 Å². The van der Waals surface area contributed by atoms with Gasteiger partial charge in [0.25, 0.3) is 5.91 Å². The van der Waals surface area contributed by atoms with Gasteiger partial charge in [0.2, 0.25) is 0 Å². The molecule has 0 radical (unpaired) electrons. The molecule has 6 nitrogen and oxygen atoms in total. The molecule has 25 heavy (non-hydrogen) atoms. The fourth-order valence-corrected chi connectivity index (χ4v) is 3.86. The molecule has 0 spiro atoms. The van der Waals surface area contributed by atoms with Crippen LogP contribution in [-0.4, -0.2) is 55.0 Å². The van der Waals surface area contributed by atoms with Gasteiger partial charge in [-0.15, -0.1) is 24.0 Å². The summed E-state index contributed by atoms with van der Waals surface area (Å²) in [5, 5.41) is 6.28. The summed E-state index contributed by atoms with van der Waals surface area (Å²) in [4.78, 5) is 22.7. The van der Waals surface area contributed by atoms with Crippen molar-refractivity contribution in [2.24, 2.45) is 16.8 Å². The monoisotopic (exact) mass is 457 g/mol. The molecular weight excluding hydrogens is 429 g/mol. The van der Waals surface area contributed by atoms with Crippen molar-refractivity contribution in [2.75, 3.05) is 33.2 Å². The van der Waals surface area contributed by atoms with Gasteiger partial charge in [-0.05, 0) is 36.8 Å². The summed E-state index contributed by atoms with van der Waals surface area (Å²) in [5.41, 5.74) is 0.588. The van der Waals surface area contributed by atoms with Crippen LogP contribution in [0.4, 0.5) is 0 Å². The van der Waals surface area contributed by atoms with E-state index in [1.807, 2.05) is 7.05 Å². The van der Waals surface area contributed by atoms with Gasteiger partial charge >= 0.3 is 0 Å². The summed E-state index contributed by atoms with van der Waals surface area (Å²) in [7, 11) is 1.83. The molecule has 1 saturated carbocycles. The molecule has 2 heterocycles. The van der Waals surface area contributed by atoms with Crippen molar-refractivity contribution in [2.45, 2.75) is 25.7 Å². The van der Waals surface area contributed by atoms with E-state index in [0.29, 0.717) is 18.7 Å². The highest BCUT2D eigenvalue weighted by Gasteiger charge is 2.35. The Morgan fingerprint density at radius 2 is 1.92 bits per heavy atom. The number of rotatable bonds is 4. The number of likely N-dealkylation sites (tertiary alicyclic amines) is 1. The van der Waals surface area contributed by atoms with Gasteiger partial charge < -0.3 is 15.5 Å². The van der Waals surface area contributed by atoms with E-state index >= 15 is 0 Å². The van der Waals surface area contributed by atoms with Crippen LogP contribution in [-0.2, 0) is 0 Å². The molecule has 138 valence electrons. The quantitative estimate of drug-likeness (QED) is 0.315. The number of nitrogens with zero attached hydrogens (tertiary/aromatic N) is 3. The normalized spacial score (nSPS) is 22.8. The third kappa shape index (κ3) is 5.29. The van der Waals surface area contributed by atoms with E-state index in [1.165, 1.54) is 25.7 Å². The molecule has 2 aliphatic rings. The molecule has 2 N–H and O–H groups in total. The van der Waals surface area contributed by atoms with Gasteiger partial charge in [-0.2, -0.15) is 0 Å². The molecule has 1 amide bonds. The van der Waals surface area contributed by atoms with E-state index in [1.54, 1.807) is 24.5 Å². The zero-order chi connectivity index (χ0) is 16.8. The number of pyridine rings is 1. The first-order valence-corrected chi connectivity index (χ1v) is 8.91. The Labute approximate surface area is 166 Å². The summed E-state index contributed by atoms with van der Waals surface area (Å²) in [6.45, 7) is 3.47. The maximum Gasteiger partial charge on any atom is 0.252 e. The zero-order valence-electron chi connectivity index (χ0n) is 14.8. The third-order valence-corrected chi connectivity index (χ3v) is 5.11. The van der Waals surface area contributed by atoms with Crippen molar-refractivity contribution < 1.29 is 4.79 Å². The van der Waals surface area contributed by atoms with Crippen molar-refractivity contribution in [1.29, 1.82) is 0 Å². The van der Waals surface area contributed by atoms with Gasteiger partial charge in [-0.3, -0.25) is 14.8 Å². The fourth-order valence-electron chi connectivity index (χ4n) is 3.86. The van der Waals surface area contributed by atoms with E-state index in [0.717, 1.165) is 30.9 Å². The average Bonchev–Trinajstić information content (AvgIpc) is 3.06. The van der Waals surface area contributed by atoms with Crippen molar-refractivity contribution in [3.63, 3.8) is 0 Å². The summed E-state index contributed by atoms with van der Waals surface area (Å²) < 4.78 is 0. The fraction of sp³-hybridized carbons (Fsp3) is 0.611. The molecule has 3 rings (SSSR count). The number of aromatic nitrogens is 1. The minimum atomic E-state index is -0.0907. The van der Waals surface area contributed by atoms with Crippen LogP contribution >= 0.6 is 24.0 Å². The molecule has 2 unspecified atom stereocenters. The molecule has 7 heteroatoms. The highest BCUT2D eigenvalue weighted by atomic mass is 127. The summed E-state index contributed by atoms with van der Waals surface area (Å²) in [5.74, 6) is 2.54. The van der Waals surface area contributed by atoms with Gasteiger partial charge in [-0.1, -0.05) is 12.8 Å². The number of fused-ring (bicyclic) bond motifs is 1. The van der Waals surface area contributed by atoms with Crippen LogP contribution in [0.2, 0.25) is 0 Å². The molecule has 1 aliphatic carbocycles. The first-order chi connectivity index (χ1) is 11.8. The van der Waals surface area contributed by atoms with Gasteiger partial charge in [0.1, 0.15) is 0 Å². The lowest BCUT2D eigenvalue weighted by Gasteiger charge is -2.22. The lowest BCUT2D eigenvalue weighted by atomic mass is 9.82. The molecular formula is C18H28IN5O. The van der Waals surface area contributed by atoms with Crippen LogP contribution in [0.25, 0.3) is 0 Å². The number of nitrogens with one attached hydrogen (secondary N) is 2. The number of carbonyl (C=O) groups excluding carboxylic acids is 1. The number of hydrogen-bond donors (Lipinski definition) is 2. The second kappa shape index (κ2) is 9.94. The average molecular weight is 457 g/mol. The molecule has 0 aromatic carbocycles. The highest BCUT2D eigenvalue weighted by molar-refractivity contribution is 14.0. The maximum absolute atomic E-state index is 12.0. The molecule has 1 aromatic heterocycles. The topological polar surface area (TPSA) is 69.6 Å². The predicted octanol–water partition coefficient (Wildman–Crippen LogP) is 2.13. The van der Waals surface area contributed by atoms with Gasteiger partial charge in [0.05, 0.1) is 5.56 Å². The molecule has 2 fully saturated rings. The lowest BCUT2D eigenvalue weighted by Crippen LogP contribution is -2.43. The van der Waals surface area contributed by atoms with E-state index in [9.17, 15) is 4.79 Å². The Balaban J connectivity index is 0.00000225. The van der Waals surface area contributed by atoms with E-state index in [2.05, 4.69) is 25.5 Å². The van der Waals surface area contributed by atoms with Gasteiger partial charge in [0, 0.05) is 45.6 Å². The van der Waals surface area contributed by atoms with Crippen molar-refractivity contribution in [1.82, 2.24) is 20.5 Å².